The zero-order valence-corrected chi connectivity index (χ0v) is 9.83. The normalized spacial score (nSPS) is 10.2. The van der Waals surface area contributed by atoms with Gasteiger partial charge in [-0.25, -0.2) is 4.98 Å². The summed E-state index contributed by atoms with van der Waals surface area (Å²) < 4.78 is 14.2. The van der Waals surface area contributed by atoms with Crippen LogP contribution in [0.2, 0.25) is 0 Å². The summed E-state index contributed by atoms with van der Waals surface area (Å²) >= 11 is 0. The molecule has 1 N–H and O–H groups in total. The Bertz CT molecular complexity index is 653. The lowest BCUT2D eigenvalue weighted by Gasteiger charge is -2.04. The van der Waals surface area contributed by atoms with Crippen LogP contribution < -0.4 is 5.32 Å². The number of hydrogen-bond donors (Lipinski definition) is 1. The van der Waals surface area contributed by atoms with E-state index in [0.29, 0.717) is 0 Å². The molecule has 2 aromatic rings. The second kappa shape index (κ2) is 4.84. The van der Waals surface area contributed by atoms with E-state index in [0.717, 1.165) is 12.1 Å². The molecular formula is C11H9FN4O3. The van der Waals surface area contributed by atoms with Gasteiger partial charge in [-0.05, 0) is 12.1 Å². The molecule has 0 fully saturated rings. The van der Waals surface area contributed by atoms with Gasteiger partial charge in [0.25, 0.3) is 11.6 Å². The zero-order chi connectivity index (χ0) is 14.0. The molecule has 7 nitrogen and oxygen atoms in total. The number of hydrogen-bond acceptors (Lipinski definition) is 4. The Morgan fingerprint density at radius 2 is 2.26 bits per heavy atom. The van der Waals surface area contributed by atoms with Crippen LogP contribution in [0.25, 0.3) is 0 Å². The first-order chi connectivity index (χ1) is 8.97. The quantitative estimate of drug-likeness (QED) is 0.519. The highest BCUT2D eigenvalue weighted by molar-refractivity contribution is 6.03. The smallest absolute Gasteiger partial charge is 0.287 e. The van der Waals surface area contributed by atoms with Crippen LogP contribution in [-0.4, -0.2) is 20.4 Å². The molecular weight excluding hydrogens is 255 g/mol. The first kappa shape index (κ1) is 12.7. The van der Waals surface area contributed by atoms with Crippen molar-refractivity contribution < 1.29 is 14.1 Å². The van der Waals surface area contributed by atoms with Crippen molar-refractivity contribution in [3.63, 3.8) is 0 Å². The van der Waals surface area contributed by atoms with E-state index in [4.69, 9.17) is 0 Å². The number of amides is 1. The van der Waals surface area contributed by atoms with Crippen molar-refractivity contribution in [2.75, 3.05) is 5.32 Å². The number of aromatic nitrogens is 2. The Kier molecular flexibility index (Phi) is 3.23. The summed E-state index contributed by atoms with van der Waals surface area (Å²) in [5, 5.41) is 12.9. The van der Waals surface area contributed by atoms with Crippen LogP contribution >= 0.6 is 0 Å². The highest BCUT2D eigenvalue weighted by Crippen LogP contribution is 2.16. The van der Waals surface area contributed by atoms with E-state index >= 15 is 0 Å². The summed E-state index contributed by atoms with van der Waals surface area (Å²) in [6.07, 6.45) is 1.22. The molecule has 0 saturated heterocycles. The fourth-order valence-corrected chi connectivity index (χ4v) is 1.53. The predicted octanol–water partition coefficient (Wildman–Crippen LogP) is 1.72. The summed E-state index contributed by atoms with van der Waals surface area (Å²) in [5.74, 6) is -1.29. The van der Waals surface area contributed by atoms with Gasteiger partial charge in [0.15, 0.2) is 0 Å². The average Bonchev–Trinajstić information content (AvgIpc) is 2.71. The van der Waals surface area contributed by atoms with E-state index in [9.17, 15) is 19.3 Å². The highest BCUT2D eigenvalue weighted by Gasteiger charge is 2.17. The summed E-state index contributed by atoms with van der Waals surface area (Å²) in [6.45, 7) is 0. The number of halogens is 1. The van der Waals surface area contributed by atoms with Crippen molar-refractivity contribution >= 4 is 17.4 Å². The Morgan fingerprint density at radius 3 is 2.84 bits per heavy atom. The molecule has 0 atom stereocenters. The maximum absolute atomic E-state index is 12.9. The van der Waals surface area contributed by atoms with Gasteiger partial charge in [-0.1, -0.05) is 6.07 Å². The van der Waals surface area contributed by atoms with Crippen molar-refractivity contribution in [2.45, 2.75) is 0 Å². The zero-order valence-electron chi connectivity index (χ0n) is 9.83. The largest absolute Gasteiger partial charge is 0.340 e. The van der Waals surface area contributed by atoms with Crippen LogP contribution in [0.5, 0.6) is 0 Å². The topological polar surface area (TPSA) is 90.1 Å². The molecule has 0 radical (unpaired) electrons. The van der Waals surface area contributed by atoms with Gasteiger partial charge in [-0.3, -0.25) is 14.9 Å². The van der Waals surface area contributed by atoms with Gasteiger partial charge in [0.05, 0.1) is 11.1 Å². The molecule has 0 aromatic carbocycles. The molecule has 2 heterocycles. The lowest BCUT2D eigenvalue weighted by atomic mass is 10.3. The van der Waals surface area contributed by atoms with E-state index in [1.54, 1.807) is 0 Å². The summed E-state index contributed by atoms with van der Waals surface area (Å²) in [4.78, 5) is 25.3. The van der Waals surface area contributed by atoms with Crippen LogP contribution in [0, 0.1) is 16.1 Å². The lowest BCUT2D eigenvalue weighted by molar-refractivity contribution is -0.384. The predicted molar refractivity (Wildman–Crippen MR) is 64.2 cm³/mol. The highest BCUT2D eigenvalue weighted by atomic mass is 19.1. The Hall–Kier alpha value is -2.77. The monoisotopic (exact) mass is 264 g/mol. The van der Waals surface area contributed by atoms with Crippen molar-refractivity contribution in [3.8, 4) is 0 Å². The number of anilines is 1. The van der Waals surface area contributed by atoms with Crippen LogP contribution in [0.4, 0.5) is 15.9 Å². The Labute approximate surface area is 106 Å². The van der Waals surface area contributed by atoms with E-state index < -0.39 is 16.8 Å². The van der Waals surface area contributed by atoms with Crippen LogP contribution in [0.1, 0.15) is 10.5 Å². The first-order valence-corrected chi connectivity index (χ1v) is 5.22. The van der Waals surface area contributed by atoms with Gasteiger partial charge in [0, 0.05) is 13.1 Å². The fraction of sp³-hybridized carbons (Fsp3) is 0.0909. The molecule has 98 valence electrons. The SMILES string of the molecule is Cn1cc([N+](=O)[O-])cc1C(=O)Nc1cccc(F)n1. The van der Waals surface area contributed by atoms with Gasteiger partial charge >= 0.3 is 0 Å². The van der Waals surface area contributed by atoms with Crippen molar-refractivity contribution in [2.24, 2.45) is 7.05 Å². The second-order valence-electron chi connectivity index (χ2n) is 3.75. The van der Waals surface area contributed by atoms with Crippen molar-refractivity contribution in [1.29, 1.82) is 0 Å². The maximum Gasteiger partial charge on any atom is 0.287 e. The van der Waals surface area contributed by atoms with E-state index in [1.807, 2.05) is 0 Å². The van der Waals surface area contributed by atoms with Crippen LogP contribution in [-0.2, 0) is 7.05 Å². The molecule has 0 aliphatic rings. The van der Waals surface area contributed by atoms with E-state index in [2.05, 4.69) is 10.3 Å². The number of rotatable bonds is 3. The van der Waals surface area contributed by atoms with Gasteiger partial charge in [0.2, 0.25) is 5.95 Å². The number of carbonyl (C=O) groups excluding carboxylic acids is 1. The molecule has 0 aliphatic carbocycles. The molecule has 1 amide bonds. The Balaban J connectivity index is 2.23. The molecule has 0 spiro atoms. The summed E-state index contributed by atoms with van der Waals surface area (Å²) in [7, 11) is 1.50. The summed E-state index contributed by atoms with van der Waals surface area (Å²) in [6, 6.07) is 5.08. The average molecular weight is 264 g/mol. The molecule has 19 heavy (non-hydrogen) atoms. The molecule has 2 aromatic heterocycles. The van der Waals surface area contributed by atoms with Crippen molar-refractivity contribution in [1.82, 2.24) is 9.55 Å². The molecule has 0 unspecified atom stereocenters. The molecule has 0 saturated carbocycles. The second-order valence-corrected chi connectivity index (χ2v) is 3.75. The van der Waals surface area contributed by atoms with Crippen molar-refractivity contribution in [3.05, 3.63) is 52.2 Å². The number of nitrogens with one attached hydrogen (secondary N) is 1. The third-order valence-electron chi connectivity index (χ3n) is 2.39. The molecule has 8 heteroatoms. The molecule has 2 rings (SSSR count). The maximum atomic E-state index is 12.9. The molecule has 0 aliphatic heterocycles. The first-order valence-electron chi connectivity index (χ1n) is 5.22. The van der Waals surface area contributed by atoms with E-state index in [1.165, 1.54) is 29.9 Å². The van der Waals surface area contributed by atoms with Gasteiger partial charge in [0.1, 0.15) is 11.5 Å². The number of pyridine rings is 1. The Morgan fingerprint density at radius 1 is 1.53 bits per heavy atom. The number of carbonyl (C=O) groups is 1. The lowest BCUT2D eigenvalue weighted by Crippen LogP contribution is -2.16. The van der Waals surface area contributed by atoms with Crippen LogP contribution in [0.15, 0.2) is 30.5 Å². The van der Waals surface area contributed by atoms with Gasteiger partial charge in [-0.2, -0.15) is 4.39 Å². The number of nitrogens with zero attached hydrogens (tertiary/aromatic N) is 3. The number of aryl methyl sites for hydroxylation is 1. The third kappa shape index (κ3) is 2.73. The summed E-state index contributed by atoms with van der Waals surface area (Å²) in [5.41, 5.74) is -0.113. The fourth-order valence-electron chi connectivity index (χ4n) is 1.53. The minimum atomic E-state index is -0.726. The van der Waals surface area contributed by atoms with E-state index in [-0.39, 0.29) is 17.2 Å². The van der Waals surface area contributed by atoms with Gasteiger partial charge in [-0.15, -0.1) is 0 Å². The standard InChI is InChI=1S/C11H9FN4O3/c1-15-6-7(16(18)19)5-8(15)11(17)14-10-4-2-3-9(12)13-10/h2-6H,1H3,(H,13,14,17). The minimum Gasteiger partial charge on any atom is -0.340 e. The van der Waals surface area contributed by atoms with Crippen LogP contribution in [0.3, 0.4) is 0 Å². The van der Waals surface area contributed by atoms with Gasteiger partial charge < -0.3 is 9.88 Å². The number of nitro groups is 1. The molecule has 0 bridgehead atoms. The third-order valence-corrected chi connectivity index (χ3v) is 2.39. The minimum absolute atomic E-state index is 0.0360.